The van der Waals surface area contributed by atoms with Crippen molar-refractivity contribution in [1.82, 2.24) is 4.90 Å². The molecular weight excluding hydrogens is 230 g/mol. The molecule has 0 radical (unpaired) electrons. The minimum absolute atomic E-state index is 0.176. The normalized spacial score (nSPS) is 20.4. The van der Waals surface area contributed by atoms with Gasteiger partial charge in [-0.05, 0) is 24.8 Å². The van der Waals surface area contributed by atoms with Crippen LogP contribution in [0.15, 0.2) is 30.3 Å². The Morgan fingerprint density at radius 2 is 2.06 bits per heavy atom. The van der Waals surface area contributed by atoms with Crippen molar-refractivity contribution in [1.29, 1.82) is 0 Å². The topological polar surface area (TPSA) is 49.8 Å². The van der Waals surface area contributed by atoms with Crippen molar-refractivity contribution in [2.45, 2.75) is 32.0 Å². The van der Waals surface area contributed by atoms with E-state index < -0.39 is 6.09 Å². The van der Waals surface area contributed by atoms with Crippen LogP contribution in [0, 0.1) is 0 Å². The van der Waals surface area contributed by atoms with Crippen molar-refractivity contribution in [2.75, 3.05) is 13.1 Å². The second-order valence-electron chi connectivity index (χ2n) is 4.62. The molecule has 4 heteroatoms. The minimum Gasteiger partial charge on any atom is -0.465 e. The highest BCUT2D eigenvalue weighted by molar-refractivity contribution is 5.64. The van der Waals surface area contributed by atoms with Crippen LogP contribution in [0.4, 0.5) is 4.79 Å². The van der Waals surface area contributed by atoms with Crippen LogP contribution in [-0.4, -0.2) is 35.3 Å². The molecule has 1 aromatic rings. The first-order valence-corrected chi connectivity index (χ1v) is 6.39. The Hall–Kier alpha value is -1.55. The highest BCUT2D eigenvalue weighted by atomic mass is 16.5. The SMILES string of the molecule is O=C(O)N1CCCC(OCc2ccccc2)CC1. The van der Waals surface area contributed by atoms with Gasteiger partial charge < -0.3 is 14.7 Å². The van der Waals surface area contributed by atoms with E-state index in [2.05, 4.69) is 0 Å². The number of carbonyl (C=O) groups is 1. The molecule has 0 saturated carbocycles. The predicted octanol–water partition coefficient (Wildman–Crippen LogP) is 2.74. The predicted molar refractivity (Wildman–Crippen MR) is 68.5 cm³/mol. The highest BCUT2D eigenvalue weighted by Gasteiger charge is 2.20. The van der Waals surface area contributed by atoms with E-state index in [0.29, 0.717) is 19.7 Å². The van der Waals surface area contributed by atoms with E-state index in [0.717, 1.165) is 24.8 Å². The molecule has 1 atom stereocenters. The first-order chi connectivity index (χ1) is 8.75. The number of hydrogen-bond acceptors (Lipinski definition) is 2. The summed E-state index contributed by atoms with van der Waals surface area (Å²) in [5, 5.41) is 8.94. The van der Waals surface area contributed by atoms with Crippen molar-refractivity contribution in [3.8, 4) is 0 Å². The maximum absolute atomic E-state index is 10.9. The standard InChI is InChI=1S/C14H19NO3/c16-14(17)15-9-4-7-13(8-10-15)18-11-12-5-2-1-3-6-12/h1-3,5-6,13H,4,7-11H2,(H,16,17). The third-order valence-corrected chi connectivity index (χ3v) is 3.27. The zero-order valence-electron chi connectivity index (χ0n) is 10.4. The summed E-state index contributed by atoms with van der Waals surface area (Å²) in [6, 6.07) is 10.1. The lowest BCUT2D eigenvalue weighted by Gasteiger charge is -2.17. The lowest BCUT2D eigenvalue weighted by atomic mass is 10.1. The quantitative estimate of drug-likeness (QED) is 0.896. The van der Waals surface area contributed by atoms with Gasteiger partial charge in [0.1, 0.15) is 0 Å². The average Bonchev–Trinajstić information content (AvgIpc) is 2.63. The summed E-state index contributed by atoms with van der Waals surface area (Å²) in [6.45, 7) is 1.81. The number of carboxylic acid groups (broad SMARTS) is 1. The van der Waals surface area contributed by atoms with Crippen LogP contribution in [0.1, 0.15) is 24.8 Å². The first kappa shape index (κ1) is 12.9. The van der Waals surface area contributed by atoms with Crippen LogP contribution in [0.25, 0.3) is 0 Å². The molecular formula is C14H19NO3. The number of amides is 1. The largest absolute Gasteiger partial charge is 0.465 e. The molecule has 0 spiro atoms. The third-order valence-electron chi connectivity index (χ3n) is 3.27. The summed E-state index contributed by atoms with van der Waals surface area (Å²) < 4.78 is 5.86. The molecule has 1 aliphatic rings. The second-order valence-corrected chi connectivity index (χ2v) is 4.62. The molecule has 1 aliphatic heterocycles. The molecule has 4 nitrogen and oxygen atoms in total. The Morgan fingerprint density at radius 3 is 2.78 bits per heavy atom. The Labute approximate surface area is 107 Å². The highest BCUT2D eigenvalue weighted by Crippen LogP contribution is 2.16. The molecule has 2 rings (SSSR count). The lowest BCUT2D eigenvalue weighted by Crippen LogP contribution is -2.30. The van der Waals surface area contributed by atoms with Crippen molar-refractivity contribution in [3.63, 3.8) is 0 Å². The monoisotopic (exact) mass is 249 g/mol. The van der Waals surface area contributed by atoms with Crippen molar-refractivity contribution in [2.24, 2.45) is 0 Å². The molecule has 1 saturated heterocycles. The Bertz CT molecular complexity index is 380. The number of likely N-dealkylation sites (tertiary alicyclic amines) is 1. The molecule has 1 fully saturated rings. The molecule has 98 valence electrons. The van der Waals surface area contributed by atoms with Gasteiger partial charge in [-0.2, -0.15) is 0 Å². The number of ether oxygens (including phenoxy) is 1. The van der Waals surface area contributed by atoms with E-state index in [-0.39, 0.29) is 6.10 Å². The van der Waals surface area contributed by atoms with Gasteiger partial charge in [-0.25, -0.2) is 4.79 Å². The van der Waals surface area contributed by atoms with E-state index >= 15 is 0 Å². The fraction of sp³-hybridized carbons (Fsp3) is 0.500. The summed E-state index contributed by atoms with van der Waals surface area (Å²) in [6.07, 6.45) is 1.97. The van der Waals surface area contributed by atoms with Crippen LogP contribution in [0.5, 0.6) is 0 Å². The van der Waals surface area contributed by atoms with Gasteiger partial charge >= 0.3 is 6.09 Å². The van der Waals surface area contributed by atoms with Gasteiger partial charge in [-0.1, -0.05) is 30.3 Å². The van der Waals surface area contributed by atoms with Crippen molar-refractivity contribution >= 4 is 6.09 Å². The van der Waals surface area contributed by atoms with Crippen molar-refractivity contribution in [3.05, 3.63) is 35.9 Å². The molecule has 18 heavy (non-hydrogen) atoms. The number of hydrogen-bond donors (Lipinski definition) is 1. The van der Waals surface area contributed by atoms with Crippen LogP contribution in [0.3, 0.4) is 0 Å². The lowest BCUT2D eigenvalue weighted by molar-refractivity contribution is 0.0314. The van der Waals surface area contributed by atoms with Crippen LogP contribution < -0.4 is 0 Å². The third kappa shape index (κ3) is 3.74. The molecule has 1 amide bonds. The molecule has 1 unspecified atom stereocenters. The Balaban J connectivity index is 1.79. The fourth-order valence-electron chi connectivity index (χ4n) is 2.21. The Morgan fingerprint density at radius 1 is 1.28 bits per heavy atom. The van der Waals surface area contributed by atoms with E-state index in [9.17, 15) is 4.79 Å². The van der Waals surface area contributed by atoms with Gasteiger partial charge in [-0.3, -0.25) is 0 Å². The van der Waals surface area contributed by atoms with Crippen LogP contribution in [-0.2, 0) is 11.3 Å². The molecule has 1 heterocycles. The van der Waals surface area contributed by atoms with Crippen molar-refractivity contribution < 1.29 is 14.6 Å². The summed E-state index contributed by atoms with van der Waals surface area (Å²) in [7, 11) is 0. The average molecular weight is 249 g/mol. The van der Waals surface area contributed by atoms with Gasteiger partial charge in [0, 0.05) is 13.1 Å². The maximum Gasteiger partial charge on any atom is 0.407 e. The zero-order chi connectivity index (χ0) is 12.8. The summed E-state index contributed by atoms with van der Waals surface area (Å²) in [5.74, 6) is 0. The summed E-state index contributed by atoms with van der Waals surface area (Å²) >= 11 is 0. The second kappa shape index (κ2) is 6.40. The minimum atomic E-state index is -0.821. The van der Waals surface area contributed by atoms with Gasteiger partial charge in [0.2, 0.25) is 0 Å². The molecule has 1 N–H and O–H groups in total. The number of nitrogens with zero attached hydrogens (tertiary/aromatic N) is 1. The van der Waals surface area contributed by atoms with Gasteiger partial charge in [0.25, 0.3) is 0 Å². The van der Waals surface area contributed by atoms with Gasteiger partial charge in [-0.15, -0.1) is 0 Å². The van der Waals surface area contributed by atoms with E-state index in [1.165, 1.54) is 4.90 Å². The molecule has 0 bridgehead atoms. The fourth-order valence-corrected chi connectivity index (χ4v) is 2.21. The van der Waals surface area contributed by atoms with Gasteiger partial charge in [0.05, 0.1) is 12.7 Å². The number of rotatable bonds is 3. The van der Waals surface area contributed by atoms with Crippen LogP contribution >= 0.6 is 0 Å². The number of benzene rings is 1. The maximum atomic E-state index is 10.9. The smallest absolute Gasteiger partial charge is 0.407 e. The zero-order valence-corrected chi connectivity index (χ0v) is 10.4. The van der Waals surface area contributed by atoms with E-state index in [1.54, 1.807) is 0 Å². The van der Waals surface area contributed by atoms with Crippen LogP contribution in [0.2, 0.25) is 0 Å². The molecule has 1 aromatic carbocycles. The van der Waals surface area contributed by atoms with Gasteiger partial charge in [0.15, 0.2) is 0 Å². The van der Waals surface area contributed by atoms with E-state index in [4.69, 9.17) is 9.84 Å². The molecule has 0 aromatic heterocycles. The first-order valence-electron chi connectivity index (χ1n) is 6.39. The summed E-state index contributed by atoms with van der Waals surface area (Å²) in [5.41, 5.74) is 1.16. The summed E-state index contributed by atoms with van der Waals surface area (Å²) in [4.78, 5) is 12.4. The van der Waals surface area contributed by atoms with E-state index in [1.807, 2.05) is 30.3 Å². The molecule has 0 aliphatic carbocycles. The Kier molecular flexibility index (Phi) is 4.59.